The first kappa shape index (κ1) is 17.0. The summed E-state index contributed by atoms with van der Waals surface area (Å²) in [7, 11) is 2.03. The van der Waals surface area contributed by atoms with Gasteiger partial charge < -0.3 is 10.2 Å². The van der Waals surface area contributed by atoms with Crippen LogP contribution in [-0.4, -0.2) is 23.1 Å². The fourth-order valence-corrected chi connectivity index (χ4v) is 2.53. The highest BCUT2D eigenvalue weighted by molar-refractivity contribution is 5.66. The molecule has 3 aromatic rings. The normalized spacial score (nSPS) is 11.8. The molecule has 0 amide bonds. The Morgan fingerprint density at radius 3 is 2.24 bits per heavy atom. The molecular formula is C21H24N4. The van der Waals surface area contributed by atoms with Crippen LogP contribution >= 0.6 is 0 Å². The molecule has 4 heteroatoms. The van der Waals surface area contributed by atoms with E-state index in [1.165, 1.54) is 0 Å². The highest BCUT2D eigenvalue weighted by atomic mass is 15.2. The summed E-state index contributed by atoms with van der Waals surface area (Å²) in [5, 5.41) is 3.47. The summed E-state index contributed by atoms with van der Waals surface area (Å²) in [6.07, 6.45) is 1.04. The fourth-order valence-electron chi connectivity index (χ4n) is 2.53. The van der Waals surface area contributed by atoms with Crippen LogP contribution in [0.3, 0.4) is 0 Å². The lowest BCUT2D eigenvalue weighted by Crippen LogP contribution is -2.17. The van der Waals surface area contributed by atoms with Gasteiger partial charge in [0.25, 0.3) is 0 Å². The van der Waals surface area contributed by atoms with Crippen molar-refractivity contribution in [1.29, 1.82) is 0 Å². The average Bonchev–Trinajstić information content (AvgIpc) is 2.68. The van der Waals surface area contributed by atoms with Gasteiger partial charge in [0.05, 0.1) is 0 Å². The first-order valence-electron chi connectivity index (χ1n) is 8.67. The zero-order valence-corrected chi connectivity index (χ0v) is 15.0. The second-order valence-corrected chi connectivity index (χ2v) is 6.15. The molecule has 4 nitrogen and oxygen atoms in total. The number of para-hydroxylation sites is 1. The van der Waals surface area contributed by atoms with Gasteiger partial charge in [-0.3, -0.25) is 0 Å². The number of nitrogens with zero attached hydrogens (tertiary/aromatic N) is 3. The molecule has 1 aromatic heterocycles. The molecule has 1 heterocycles. The van der Waals surface area contributed by atoms with Crippen LogP contribution in [-0.2, 0) is 0 Å². The van der Waals surface area contributed by atoms with Crippen LogP contribution in [0.2, 0.25) is 0 Å². The highest BCUT2D eigenvalue weighted by Gasteiger charge is 2.12. The largest absolute Gasteiger partial charge is 0.367 e. The maximum Gasteiger partial charge on any atom is 0.163 e. The molecule has 0 radical (unpaired) electrons. The van der Waals surface area contributed by atoms with Crippen molar-refractivity contribution in [3.8, 4) is 11.4 Å². The molecule has 3 rings (SSSR count). The molecule has 0 aliphatic heterocycles. The maximum absolute atomic E-state index is 4.79. The lowest BCUT2D eigenvalue weighted by Gasteiger charge is -2.21. The number of hydrogen-bond acceptors (Lipinski definition) is 4. The molecule has 0 bridgehead atoms. The van der Waals surface area contributed by atoms with Crippen LogP contribution in [0.4, 0.5) is 17.3 Å². The van der Waals surface area contributed by atoms with E-state index >= 15 is 0 Å². The van der Waals surface area contributed by atoms with Crippen molar-refractivity contribution in [2.24, 2.45) is 0 Å². The summed E-state index contributed by atoms with van der Waals surface area (Å²) in [5.41, 5.74) is 2.10. The predicted octanol–water partition coefficient (Wildman–Crippen LogP) is 5.12. The lowest BCUT2D eigenvalue weighted by atomic mass is 10.2. The predicted molar refractivity (Wildman–Crippen MR) is 105 cm³/mol. The molecule has 0 saturated carbocycles. The van der Waals surface area contributed by atoms with E-state index in [2.05, 4.69) is 36.2 Å². The second-order valence-electron chi connectivity index (χ2n) is 6.15. The number of benzene rings is 2. The zero-order valence-electron chi connectivity index (χ0n) is 15.0. The summed E-state index contributed by atoms with van der Waals surface area (Å²) < 4.78 is 0. The standard InChI is InChI=1S/C21H24N4/c1-4-16(2)22-19-15-20(25(3)18-13-9-6-10-14-18)24-21(23-19)17-11-7-5-8-12-17/h5-16H,4H2,1-3H3,(H,22,23,24). The lowest BCUT2D eigenvalue weighted by molar-refractivity contribution is 0.758. The minimum atomic E-state index is 0.355. The van der Waals surface area contributed by atoms with Crippen LogP contribution in [0.5, 0.6) is 0 Å². The van der Waals surface area contributed by atoms with Crippen LogP contribution in [0.15, 0.2) is 66.7 Å². The third-order valence-corrected chi connectivity index (χ3v) is 4.24. The summed E-state index contributed by atoms with van der Waals surface area (Å²) in [4.78, 5) is 11.6. The number of anilines is 3. The molecular weight excluding hydrogens is 308 g/mol. The number of aromatic nitrogens is 2. The Bertz CT molecular complexity index is 803. The van der Waals surface area contributed by atoms with Gasteiger partial charge in [-0.1, -0.05) is 55.5 Å². The third kappa shape index (κ3) is 4.15. The van der Waals surface area contributed by atoms with E-state index in [1.807, 2.05) is 61.6 Å². The summed E-state index contributed by atoms with van der Waals surface area (Å²) >= 11 is 0. The van der Waals surface area contributed by atoms with Gasteiger partial charge in [-0.15, -0.1) is 0 Å². The molecule has 1 unspecified atom stereocenters. The van der Waals surface area contributed by atoms with Gasteiger partial charge in [-0.05, 0) is 25.5 Å². The summed E-state index contributed by atoms with van der Waals surface area (Å²) in [5.74, 6) is 2.44. The van der Waals surface area contributed by atoms with E-state index in [0.717, 1.165) is 35.1 Å². The summed E-state index contributed by atoms with van der Waals surface area (Å²) in [6, 6.07) is 22.7. The molecule has 1 atom stereocenters. The van der Waals surface area contributed by atoms with Gasteiger partial charge in [0.2, 0.25) is 0 Å². The maximum atomic E-state index is 4.79. The van der Waals surface area contributed by atoms with E-state index in [1.54, 1.807) is 0 Å². The molecule has 0 aliphatic carbocycles. The molecule has 0 aliphatic rings. The van der Waals surface area contributed by atoms with E-state index in [-0.39, 0.29) is 0 Å². The molecule has 128 valence electrons. The van der Waals surface area contributed by atoms with Crippen molar-refractivity contribution < 1.29 is 0 Å². The Balaban J connectivity index is 2.03. The van der Waals surface area contributed by atoms with Crippen molar-refractivity contribution in [3.05, 3.63) is 66.7 Å². The Hall–Kier alpha value is -2.88. The summed E-state index contributed by atoms with van der Waals surface area (Å²) in [6.45, 7) is 4.32. The number of rotatable bonds is 6. The van der Waals surface area contributed by atoms with E-state index < -0.39 is 0 Å². The molecule has 0 fully saturated rings. The van der Waals surface area contributed by atoms with Crippen LogP contribution in [0.25, 0.3) is 11.4 Å². The van der Waals surface area contributed by atoms with Crippen LogP contribution in [0.1, 0.15) is 20.3 Å². The fraction of sp³-hybridized carbons (Fsp3) is 0.238. The van der Waals surface area contributed by atoms with Crippen molar-refractivity contribution in [2.45, 2.75) is 26.3 Å². The molecule has 0 saturated heterocycles. The Labute approximate surface area is 149 Å². The van der Waals surface area contributed by atoms with Crippen molar-refractivity contribution >= 4 is 17.3 Å². The first-order valence-corrected chi connectivity index (χ1v) is 8.67. The Morgan fingerprint density at radius 2 is 1.60 bits per heavy atom. The SMILES string of the molecule is CCC(C)Nc1cc(N(C)c2ccccc2)nc(-c2ccccc2)n1. The van der Waals surface area contributed by atoms with Crippen molar-refractivity contribution in [2.75, 3.05) is 17.3 Å². The van der Waals surface area contributed by atoms with Crippen molar-refractivity contribution in [1.82, 2.24) is 9.97 Å². The van der Waals surface area contributed by atoms with Gasteiger partial charge >= 0.3 is 0 Å². The highest BCUT2D eigenvalue weighted by Crippen LogP contribution is 2.26. The van der Waals surface area contributed by atoms with Crippen LogP contribution < -0.4 is 10.2 Å². The number of nitrogens with one attached hydrogen (secondary N) is 1. The first-order chi connectivity index (χ1) is 12.2. The van der Waals surface area contributed by atoms with Crippen molar-refractivity contribution in [3.63, 3.8) is 0 Å². The smallest absolute Gasteiger partial charge is 0.163 e. The molecule has 25 heavy (non-hydrogen) atoms. The minimum absolute atomic E-state index is 0.355. The van der Waals surface area contributed by atoms with Gasteiger partial charge in [-0.2, -0.15) is 0 Å². The van der Waals surface area contributed by atoms with E-state index in [9.17, 15) is 0 Å². The van der Waals surface area contributed by atoms with Gasteiger partial charge in [0.15, 0.2) is 5.82 Å². The third-order valence-electron chi connectivity index (χ3n) is 4.24. The van der Waals surface area contributed by atoms with Gasteiger partial charge in [0.1, 0.15) is 11.6 Å². The Morgan fingerprint density at radius 1 is 0.960 bits per heavy atom. The number of hydrogen-bond donors (Lipinski definition) is 1. The zero-order chi connectivity index (χ0) is 17.6. The van der Waals surface area contributed by atoms with Gasteiger partial charge in [0, 0.05) is 30.4 Å². The average molecular weight is 332 g/mol. The monoisotopic (exact) mass is 332 g/mol. The molecule has 0 spiro atoms. The topological polar surface area (TPSA) is 41.0 Å². The molecule has 1 N–H and O–H groups in total. The van der Waals surface area contributed by atoms with E-state index in [4.69, 9.17) is 9.97 Å². The van der Waals surface area contributed by atoms with Gasteiger partial charge in [-0.25, -0.2) is 9.97 Å². The minimum Gasteiger partial charge on any atom is -0.367 e. The quantitative estimate of drug-likeness (QED) is 0.680. The van der Waals surface area contributed by atoms with E-state index in [0.29, 0.717) is 6.04 Å². The second kappa shape index (κ2) is 7.79. The molecule has 2 aromatic carbocycles. The Kier molecular flexibility index (Phi) is 5.29. The van der Waals surface area contributed by atoms with Crippen LogP contribution in [0, 0.1) is 0 Å².